The molecule has 1 radical (unpaired) electrons. The minimum atomic E-state index is 0. The van der Waals surface area contributed by atoms with Gasteiger partial charge in [-0.05, 0) is 0 Å². The van der Waals surface area contributed by atoms with E-state index in [9.17, 15) is 0 Å². The molecule has 1 unspecified atom stereocenters. The number of hydrogen-bond acceptors (Lipinski definition) is 0. The van der Waals surface area contributed by atoms with Crippen molar-refractivity contribution in [1.29, 1.82) is 0 Å². The molecule has 0 saturated heterocycles. The van der Waals surface area contributed by atoms with Crippen LogP contribution in [0.5, 0.6) is 0 Å². The molecule has 1 atom stereocenters. The molecule has 0 fully saturated rings. The molecule has 0 aliphatic carbocycles. The summed E-state index contributed by atoms with van der Waals surface area (Å²) in [6, 6.07) is 0. The van der Waals surface area contributed by atoms with Crippen LogP contribution in [0.4, 0.5) is 0 Å². The fourth-order valence-corrected chi connectivity index (χ4v) is 0. The summed E-state index contributed by atoms with van der Waals surface area (Å²) in [5.74, 6) is 0. The molecule has 0 aliphatic heterocycles. The van der Waals surface area contributed by atoms with E-state index in [1.165, 1.54) is 0 Å². The molecule has 0 aromatic rings. The van der Waals surface area contributed by atoms with Crippen molar-refractivity contribution in [1.82, 2.24) is 0 Å². The van der Waals surface area contributed by atoms with Crippen molar-refractivity contribution in [3.8, 4) is 0 Å². The van der Waals surface area contributed by atoms with E-state index in [1.54, 1.807) is 0 Å². The first-order valence-corrected chi connectivity index (χ1v) is 2.15. The Balaban J connectivity index is -0.00000000500. The van der Waals surface area contributed by atoms with E-state index in [1.807, 2.05) is 7.93 Å². The summed E-state index contributed by atoms with van der Waals surface area (Å²) in [6.07, 6.45) is 0. The van der Waals surface area contributed by atoms with Gasteiger partial charge in [0.2, 0.25) is 0 Å². The second kappa shape index (κ2) is 20.2. The maximum atomic E-state index is 4.10. The average molecular weight is 219 g/mol. The van der Waals surface area contributed by atoms with E-state index < -0.39 is 0 Å². The molecule has 0 aromatic carbocycles. The van der Waals surface area contributed by atoms with E-state index in [0.29, 0.717) is 0 Å². The Labute approximate surface area is 56.9 Å². The van der Waals surface area contributed by atoms with Crippen LogP contribution in [0, 0.1) is 0 Å². The second-order valence-corrected chi connectivity index (χ2v) is 0. The van der Waals surface area contributed by atoms with Crippen LogP contribution in [0.15, 0.2) is 0 Å². The molecule has 0 heterocycles. The molecule has 39 valence electrons. The van der Waals surface area contributed by atoms with Gasteiger partial charge < -0.3 is 0 Å². The molecular weight excluding hydrogens is 217 g/mol. The van der Waals surface area contributed by atoms with Gasteiger partial charge in [-0.15, -0.1) is 0 Å². The van der Waals surface area contributed by atoms with Crippen LogP contribution in [-0.2, 0) is 49.1 Å². The van der Waals surface area contributed by atoms with Gasteiger partial charge in [-0.25, -0.2) is 0 Å². The number of hydrogen-bond donors (Lipinski definition) is 0. The van der Waals surface area contributed by atoms with E-state index in [-0.39, 0.29) is 33.6 Å². The van der Waals surface area contributed by atoms with Gasteiger partial charge in [0.15, 0.2) is 0 Å². The van der Waals surface area contributed by atoms with Crippen molar-refractivity contribution >= 4 is 7.93 Å². The fourth-order valence-electron chi connectivity index (χ4n) is 0. The van der Waals surface area contributed by atoms with Crippen molar-refractivity contribution in [3.05, 3.63) is 0 Å². The third kappa shape index (κ3) is 9.03. The molecule has 4 heavy (non-hydrogen) atoms. The molecule has 0 nitrogen and oxygen atoms in total. The third-order valence-electron chi connectivity index (χ3n) is 0. The molecular formula is H2Cu2NiP. The van der Waals surface area contributed by atoms with E-state index in [4.69, 9.17) is 0 Å². The van der Waals surface area contributed by atoms with Gasteiger partial charge in [-0.1, -0.05) is 0 Å². The zero-order valence-corrected chi connectivity index (χ0v) is 5.52. The summed E-state index contributed by atoms with van der Waals surface area (Å²) >= 11 is 4.10. The summed E-state index contributed by atoms with van der Waals surface area (Å²) < 4.78 is 0. The van der Waals surface area contributed by atoms with Gasteiger partial charge in [-0.3, -0.25) is 0 Å². The first-order valence-electron chi connectivity index (χ1n) is 0.174. The summed E-state index contributed by atoms with van der Waals surface area (Å²) in [5.41, 5.74) is 0. The van der Waals surface area contributed by atoms with Gasteiger partial charge >= 0.3 is 23.5 Å². The summed E-state index contributed by atoms with van der Waals surface area (Å²) in [5, 5.41) is 0. The van der Waals surface area contributed by atoms with Crippen molar-refractivity contribution in [3.63, 3.8) is 0 Å². The first kappa shape index (κ1) is 16.7. The first-order chi connectivity index (χ1) is 1.00. The van der Waals surface area contributed by atoms with Gasteiger partial charge in [0, 0.05) is 33.6 Å². The Morgan fingerprint density at radius 2 is 1.25 bits per heavy atom. The van der Waals surface area contributed by atoms with E-state index in [0.717, 1.165) is 0 Å². The summed E-state index contributed by atoms with van der Waals surface area (Å²) in [4.78, 5) is 0. The zero-order chi connectivity index (χ0) is 2.00. The van der Waals surface area contributed by atoms with Crippen LogP contribution < -0.4 is 0 Å². The van der Waals surface area contributed by atoms with Gasteiger partial charge in [0.05, 0.1) is 0 Å². The van der Waals surface area contributed by atoms with Gasteiger partial charge in [-0.2, -0.15) is 0 Å². The second-order valence-electron chi connectivity index (χ2n) is 0. The topological polar surface area (TPSA) is 0 Å². The molecule has 0 rings (SSSR count). The molecule has 0 aliphatic rings. The molecule has 0 spiro atoms. The Kier molecular flexibility index (Phi) is 84.6. The Hall–Kier alpha value is 1.96. The summed E-state index contributed by atoms with van der Waals surface area (Å²) in [7, 11) is 1.98. The van der Waals surface area contributed by atoms with E-state index >= 15 is 0 Å². The van der Waals surface area contributed by atoms with Crippen molar-refractivity contribution in [2.24, 2.45) is 0 Å². The van der Waals surface area contributed by atoms with Crippen molar-refractivity contribution in [2.75, 3.05) is 0 Å². The molecule has 0 N–H and O–H groups in total. The standard InChI is InChI=1S/2Cu.Ni.H2P/h;;;1H2/q;+1;;-1. The van der Waals surface area contributed by atoms with Crippen LogP contribution in [0.1, 0.15) is 0 Å². The predicted molar refractivity (Wildman–Crippen MR) is 9.71 cm³/mol. The summed E-state index contributed by atoms with van der Waals surface area (Å²) in [6.45, 7) is 0. The van der Waals surface area contributed by atoms with Crippen molar-refractivity contribution < 1.29 is 49.1 Å². The maximum absolute atomic E-state index is 4.10. The molecule has 0 aromatic heterocycles. The Bertz CT molecular complexity index is 6.00. The Morgan fingerprint density at radius 1 is 1.25 bits per heavy atom. The van der Waals surface area contributed by atoms with Crippen LogP contribution >= 0.6 is 7.93 Å². The van der Waals surface area contributed by atoms with Gasteiger partial charge in [0.25, 0.3) is 0 Å². The zero-order valence-electron chi connectivity index (χ0n) is 1.50. The van der Waals surface area contributed by atoms with E-state index in [2.05, 4.69) is 15.6 Å². The molecule has 0 bridgehead atoms. The van der Waals surface area contributed by atoms with Crippen LogP contribution in [0.25, 0.3) is 0 Å². The monoisotopic (exact) mass is 217 g/mol. The normalized spacial score (nSPS) is 1.75. The SMILES string of the molecule is [Cu].[Ni].[PH2][Cu]. The van der Waals surface area contributed by atoms with Gasteiger partial charge in [0.1, 0.15) is 0 Å². The molecule has 0 amide bonds. The van der Waals surface area contributed by atoms with Crippen LogP contribution in [-0.4, -0.2) is 0 Å². The quantitative estimate of drug-likeness (QED) is 0.406. The number of rotatable bonds is 0. The third-order valence-corrected chi connectivity index (χ3v) is 0. The average Bonchev–Trinajstić information content (AvgIpc) is 1.00. The van der Waals surface area contributed by atoms with Crippen LogP contribution in [0.3, 0.4) is 0 Å². The predicted octanol–water partition coefficient (Wildman–Crippen LogP) is 0.318. The minimum absolute atomic E-state index is 0. The molecule has 4 heteroatoms. The molecule has 0 saturated carbocycles. The Morgan fingerprint density at radius 3 is 1.25 bits per heavy atom. The van der Waals surface area contributed by atoms with Crippen LogP contribution in [0.2, 0.25) is 0 Å². The fraction of sp³-hybridized carbons (Fsp3) is 0. The van der Waals surface area contributed by atoms with Crippen molar-refractivity contribution in [2.45, 2.75) is 0 Å².